The SMILES string of the molecule is C(=N\Nc1nc2ccccc2c2[nH]c3ccccc3c12)/c1ccccn1. The summed E-state index contributed by atoms with van der Waals surface area (Å²) in [5.41, 5.74) is 6.95. The highest BCUT2D eigenvalue weighted by molar-refractivity contribution is 6.20. The van der Waals surface area contributed by atoms with E-state index in [0.717, 1.165) is 44.2 Å². The van der Waals surface area contributed by atoms with Crippen molar-refractivity contribution in [3.8, 4) is 0 Å². The molecule has 0 aliphatic rings. The van der Waals surface area contributed by atoms with Gasteiger partial charge in [0.2, 0.25) is 0 Å². The number of para-hydroxylation sites is 2. The fraction of sp³-hybridized carbons (Fsp3) is 0. The molecule has 26 heavy (non-hydrogen) atoms. The summed E-state index contributed by atoms with van der Waals surface area (Å²) < 4.78 is 0. The Morgan fingerprint density at radius 2 is 1.69 bits per heavy atom. The summed E-state index contributed by atoms with van der Waals surface area (Å²) in [5.74, 6) is 0.725. The minimum Gasteiger partial charge on any atom is -0.354 e. The summed E-state index contributed by atoms with van der Waals surface area (Å²) in [6, 6.07) is 22.1. The molecule has 5 nitrogen and oxygen atoms in total. The van der Waals surface area contributed by atoms with E-state index in [2.05, 4.69) is 38.7 Å². The number of hydrogen-bond acceptors (Lipinski definition) is 4. The molecule has 0 radical (unpaired) electrons. The number of aromatic amines is 1. The Morgan fingerprint density at radius 1 is 0.885 bits per heavy atom. The van der Waals surface area contributed by atoms with Gasteiger partial charge in [-0.2, -0.15) is 5.10 Å². The number of aromatic nitrogens is 3. The predicted molar refractivity (Wildman–Crippen MR) is 107 cm³/mol. The highest BCUT2D eigenvalue weighted by Crippen LogP contribution is 2.34. The second-order valence-electron chi connectivity index (χ2n) is 6.02. The maximum atomic E-state index is 4.79. The zero-order valence-electron chi connectivity index (χ0n) is 13.8. The molecule has 0 saturated carbocycles. The van der Waals surface area contributed by atoms with Crippen molar-refractivity contribution in [2.24, 2.45) is 5.10 Å². The van der Waals surface area contributed by atoms with Gasteiger partial charge in [0.1, 0.15) is 0 Å². The Labute approximate surface area is 149 Å². The van der Waals surface area contributed by atoms with E-state index in [-0.39, 0.29) is 0 Å². The number of rotatable bonds is 3. The van der Waals surface area contributed by atoms with E-state index in [9.17, 15) is 0 Å². The summed E-state index contributed by atoms with van der Waals surface area (Å²) in [4.78, 5) is 12.6. The molecule has 5 rings (SSSR count). The lowest BCUT2D eigenvalue weighted by Gasteiger charge is -2.06. The van der Waals surface area contributed by atoms with Crippen LogP contribution in [0.3, 0.4) is 0 Å². The number of nitrogens with zero attached hydrogens (tertiary/aromatic N) is 3. The monoisotopic (exact) mass is 337 g/mol. The van der Waals surface area contributed by atoms with E-state index >= 15 is 0 Å². The molecule has 0 atom stereocenters. The van der Waals surface area contributed by atoms with E-state index in [1.807, 2.05) is 48.5 Å². The maximum Gasteiger partial charge on any atom is 0.156 e. The first-order valence-electron chi connectivity index (χ1n) is 8.39. The molecule has 0 bridgehead atoms. The average Bonchev–Trinajstić information content (AvgIpc) is 3.09. The van der Waals surface area contributed by atoms with Gasteiger partial charge >= 0.3 is 0 Å². The maximum absolute atomic E-state index is 4.79. The lowest BCUT2D eigenvalue weighted by molar-refractivity contribution is 1.26. The van der Waals surface area contributed by atoms with Crippen LogP contribution in [0.1, 0.15) is 5.69 Å². The van der Waals surface area contributed by atoms with Crippen LogP contribution in [0.15, 0.2) is 78.0 Å². The number of benzene rings is 2. The summed E-state index contributed by atoms with van der Waals surface area (Å²) in [7, 11) is 0. The quantitative estimate of drug-likeness (QED) is 0.370. The third kappa shape index (κ3) is 2.38. The number of fused-ring (bicyclic) bond motifs is 5. The van der Waals surface area contributed by atoms with Gasteiger partial charge < -0.3 is 4.98 Å². The molecule has 3 heterocycles. The molecule has 5 aromatic rings. The van der Waals surface area contributed by atoms with Crippen LogP contribution in [0.25, 0.3) is 32.7 Å². The van der Waals surface area contributed by atoms with Crippen molar-refractivity contribution in [3.63, 3.8) is 0 Å². The van der Waals surface area contributed by atoms with Gasteiger partial charge in [0.05, 0.1) is 28.3 Å². The second kappa shape index (κ2) is 5.97. The molecule has 124 valence electrons. The van der Waals surface area contributed by atoms with Crippen molar-refractivity contribution in [1.29, 1.82) is 0 Å². The molecule has 5 heteroatoms. The third-order valence-electron chi connectivity index (χ3n) is 4.40. The van der Waals surface area contributed by atoms with E-state index in [1.54, 1.807) is 12.4 Å². The third-order valence-corrected chi connectivity index (χ3v) is 4.40. The number of H-pyrrole nitrogens is 1. The molecule has 0 amide bonds. The topological polar surface area (TPSA) is 66.0 Å². The van der Waals surface area contributed by atoms with E-state index < -0.39 is 0 Å². The van der Waals surface area contributed by atoms with Crippen LogP contribution in [-0.4, -0.2) is 21.2 Å². The lowest BCUT2D eigenvalue weighted by Crippen LogP contribution is -1.96. The van der Waals surface area contributed by atoms with Gasteiger partial charge in [0.25, 0.3) is 0 Å². The number of hydrogen-bond donors (Lipinski definition) is 2. The lowest BCUT2D eigenvalue weighted by atomic mass is 10.1. The molecule has 3 aromatic heterocycles. The van der Waals surface area contributed by atoms with Crippen molar-refractivity contribution >= 4 is 44.7 Å². The van der Waals surface area contributed by atoms with Crippen LogP contribution in [0.2, 0.25) is 0 Å². The highest BCUT2D eigenvalue weighted by Gasteiger charge is 2.13. The zero-order valence-corrected chi connectivity index (χ0v) is 13.8. The number of hydrazone groups is 1. The molecule has 0 aliphatic heterocycles. The Kier molecular flexibility index (Phi) is 3.35. The van der Waals surface area contributed by atoms with Crippen molar-refractivity contribution in [2.75, 3.05) is 5.43 Å². The molecule has 0 spiro atoms. The van der Waals surface area contributed by atoms with Gasteiger partial charge in [-0.25, -0.2) is 4.98 Å². The Morgan fingerprint density at radius 3 is 2.58 bits per heavy atom. The first-order valence-corrected chi connectivity index (χ1v) is 8.39. The summed E-state index contributed by atoms with van der Waals surface area (Å²) >= 11 is 0. The molecular formula is C21H15N5. The van der Waals surface area contributed by atoms with Gasteiger partial charge in [-0.05, 0) is 24.3 Å². The second-order valence-corrected chi connectivity index (χ2v) is 6.02. The summed E-state index contributed by atoms with van der Waals surface area (Å²) in [5, 5.41) is 7.60. The largest absolute Gasteiger partial charge is 0.354 e. The number of anilines is 1. The van der Waals surface area contributed by atoms with Crippen LogP contribution in [0.5, 0.6) is 0 Å². The number of nitrogens with one attached hydrogen (secondary N) is 2. The highest BCUT2D eigenvalue weighted by atomic mass is 15.3. The van der Waals surface area contributed by atoms with E-state index in [1.165, 1.54) is 0 Å². The van der Waals surface area contributed by atoms with Gasteiger partial charge in [-0.3, -0.25) is 10.4 Å². The van der Waals surface area contributed by atoms with Crippen LogP contribution in [0.4, 0.5) is 5.82 Å². The molecule has 0 unspecified atom stereocenters. The van der Waals surface area contributed by atoms with E-state index in [0.29, 0.717) is 0 Å². The standard InChI is InChI=1S/C21H15N5/c1-3-10-17-15(8-1)19-20(24-17)16-9-2-4-11-18(16)25-21(19)26-23-13-14-7-5-6-12-22-14/h1-13,24H,(H,25,26)/b23-13+. The van der Waals surface area contributed by atoms with Crippen LogP contribution in [0, 0.1) is 0 Å². The molecule has 2 N–H and O–H groups in total. The van der Waals surface area contributed by atoms with Crippen molar-refractivity contribution in [1.82, 2.24) is 15.0 Å². The van der Waals surface area contributed by atoms with Crippen molar-refractivity contribution in [3.05, 3.63) is 78.6 Å². The fourth-order valence-corrected chi connectivity index (χ4v) is 3.24. The molecular weight excluding hydrogens is 322 g/mol. The fourth-order valence-electron chi connectivity index (χ4n) is 3.24. The van der Waals surface area contributed by atoms with Crippen LogP contribution >= 0.6 is 0 Å². The molecule has 0 aliphatic carbocycles. The minimum atomic E-state index is 0.725. The summed E-state index contributed by atoms with van der Waals surface area (Å²) in [6.45, 7) is 0. The van der Waals surface area contributed by atoms with Gasteiger partial charge in [0, 0.05) is 22.5 Å². The molecule has 2 aromatic carbocycles. The first-order chi connectivity index (χ1) is 12.9. The van der Waals surface area contributed by atoms with Crippen molar-refractivity contribution in [2.45, 2.75) is 0 Å². The zero-order chi connectivity index (χ0) is 17.3. The molecule has 0 fully saturated rings. The van der Waals surface area contributed by atoms with Gasteiger partial charge in [-0.15, -0.1) is 0 Å². The smallest absolute Gasteiger partial charge is 0.156 e. The normalized spacial score (nSPS) is 11.7. The number of pyridine rings is 2. The first kappa shape index (κ1) is 14.6. The Balaban J connectivity index is 1.70. The predicted octanol–water partition coefficient (Wildman–Crippen LogP) is 4.71. The average molecular weight is 337 g/mol. The van der Waals surface area contributed by atoms with Gasteiger partial charge in [0.15, 0.2) is 5.82 Å². The summed E-state index contributed by atoms with van der Waals surface area (Å²) in [6.07, 6.45) is 3.44. The van der Waals surface area contributed by atoms with Crippen LogP contribution in [-0.2, 0) is 0 Å². The van der Waals surface area contributed by atoms with E-state index in [4.69, 9.17) is 4.98 Å². The van der Waals surface area contributed by atoms with Crippen LogP contribution < -0.4 is 5.43 Å². The van der Waals surface area contributed by atoms with Crippen molar-refractivity contribution < 1.29 is 0 Å². The minimum absolute atomic E-state index is 0.725. The Hall–Kier alpha value is -3.73. The Bertz CT molecular complexity index is 1260. The van der Waals surface area contributed by atoms with Gasteiger partial charge in [-0.1, -0.05) is 42.5 Å². The molecule has 0 saturated heterocycles.